The van der Waals surface area contributed by atoms with Crippen LogP contribution in [0.2, 0.25) is 0 Å². The van der Waals surface area contributed by atoms with Crippen molar-refractivity contribution in [3.63, 3.8) is 0 Å². The lowest BCUT2D eigenvalue weighted by Crippen LogP contribution is -2.33. The van der Waals surface area contributed by atoms with Gasteiger partial charge in [-0.2, -0.15) is 10.4 Å². The van der Waals surface area contributed by atoms with E-state index in [-0.39, 0.29) is 0 Å². The van der Waals surface area contributed by atoms with Gasteiger partial charge in [0.1, 0.15) is 17.7 Å². The summed E-state index contributed by atoms with van der Waals surface area (Å²) in [6.07, 6.45) is 3.71. The normalized spacial score (nSPS) is 16.1. The summed E-state index contributed by atoms with van der Waals surface area (Å²) < 4.78 is 0. The first-order valence-corrected chi connectivity index (χ1v) is 6.68. The van der Waals surface area contributed by atoms with Gasteiger partial charge in [0.15, 0.2) is 0 Å². The van der Waals surface area contributed by atoms with Gasteiger partial charge in [-0.3, -0.25) is 5.10 Å². The summed E-state index contributed by atoms with van der Waals surface area (Å²) in [6.45, 7) is 1.89. The Hall–Kier alpha value is -2.55. The van der Waals surface area contributed by atoms with Crippen LogP contribution >= 0.6 is 0 Å². The fraction of sp³-hybridized carbons (Fsp3) is 0.357. The molecule has 0 radical (unpaired) electrons. The molecule has 0 aromatic carbocycles. The number of H-pyrrole nitrogens is 1. The van der Waals surface area contributed by atoms with E-state index in [0.29, 0.717) is 17.3 Å². The van der Waals surface area contributed by atoms with Gasteiger partial charge in [-0.25, -0.2) is 4.98 Å². The number of aromatic amines is 1. The summed E-state index contributed by atoms with van der Waals surface area (Å²) in [5, 5.41) is 15.8. The number of nitrogens with two attached hydrogens (primary N) is 1. The zero-order valence-electron chi connectivity index (χ0n) is 11.1. The first-order chi connectivity index (χ1) is 9.76. The molecule has 0 saturated carbocycles. The minimum absolute atomic E-state index is 0.481. The molecule has 0 atom stereocenters. The van der Waals surface area contributed by atoms with E-state index >= 15 is 0 Å². The Balaban J connectivity index is 1.64. The predicted octanol–water partition coefficient (Wildman–Crippen LogP) is 1.64. The number of nitrogen functional groups attached to an aromatic ring is 1. The number of nitriles is 1. The molecule has 2 aromatic rings. The average molecular weight is 268 g/mol. The Morgan fingerprint density at radius 2 is 2.15 bits per heavy atom. The zero-order valence-corrected chi connectivity index (χ0v) is 11.1. The molecule has 6 nitrogen and oxygen atoms in total. The highest BCUT2D eigenvalue weighted by Gasteiger charge is 2.22. The van der Waals surface area contributed by atoms with Crippen molar-refractivity contribution in [1.82, 2.24) is 15.2 Å². The van der Waals surface area contributed by atoms with Crippen molar-refractivity contribution in [2.75, 3.05) is 23.7 Å². The lowest BCUT2D eigenvalue weighted by Gasteiger charge is -2.32. The molecule has 1 aliphatic heterocycles. The van der Waals surface area contributed by atoms with Gasteiger partial charge in [0.2, 0.25) is 0 Å². The second-order valence-corrected chi connectivity index (χ2v) is 5.03. The third kappa shape index (κ3) is 2.43. The van der Waals surface area contributed by atoms with E-state index in [4.69, 9.17) is 11.0 Å². The molecule has 102 valence electrons. The number of pyridine rings is 1. The van der Waals surface area contributed by atoms with Crippen LogP contribution in [-0.2, 0) is 0 Å². The van der Waals surface area contributed by atoms with Gasteiger partial charge in [-0.05, 0) is 25.0 Å². The molecular formula is C14H16N6. The topological polar surface area (TPSA) is 94.6 Å². The molecule has 6 heteroatoms. The summed E-state index contributed by atoms with van der Waals surface area (Å²) >= 11 is 0. The number of aromatic nitrogens is 3. The Morgan fingerprint density at radius 3 is 2.70 bits per heavy atom. The van der Waals surface area contributed by atoms with Crippen molar-refractivity contribution < 1.29 is 0 Å². The molecule has 2 aromatic heterocycles. The number of piperidine rings is 1. The Labute approximate surface area is 117 Å². The molecule has 0 spiro atoms. The van der Waals surface area contributed by atoms with Gasteiger partial charge in [0.05, 0.1) is 5.56 Å². The van der Waals surface area contributed by atoms with E-state index in [1.165, 1.54) is 0 Å². The first-order valence-electron chi connectivity index (χ1n) is 6.68. The third-order valence-electron chi connectivity index (χ3n) is 3.75. The molecule has 0 bridgehead atoms. The summed E-state index contributed by atoms with van der Waals surface area (Å²) in [4.78, 5) is 6.59. The molecule has 1 aliphatic rings. The zero-order chi connectivity index (χ0) is 13.9. The van der Waals surface area contributed by atoms with Crippen molar-refractivity contribution in [3.8, 4) is 6.07 Å². The van der Waals surface area contributed by atoms with Crippen LogP contribution in [0.3, 0.4) is 0 Å². The summed E-state index contributed by atoms with van der Waals surface area (Å²) in [5.74, 6) is 1.97. The standard InChI is InChI=1S/C14H16N6/c15-8-10-1-2-14(17-9-10)20-5-3-11(4-6-20)12-7-13(16)19-18-12/h1-2,7,9,11H,3-6H2,(H3,16,18,19). The number of nitrogens with one attached hydrogen (secondary N) is 1. The second kappa shape index (κ2) is 5.21. The van der Waals surface area contributed by atoms with Crippen molar-refractivity contribution in [2.24, 2.45) is 0 Å². The lowest BCUT2D eigenvalue weighted by molar-refractivity contribution is 0.493. The molecule has 3 N–H and O–H groups in total. The van der Waals surface area contributed by atoms with Gasteiger partial charge in [-0.15, -0.1) is 0 Å². The number of hydrogen-bond donors (Lipinski definition) is 2. The number of rotatable bonds is 2. The van der Waals surface area contributed by atoms with Gasteiger partial charge in [0, 0.05) is 37.0 Å². The van der Waals surface area contributed by atoms with Crippen LogP contribution in [0, 0.1) is 11.3 Å². The second-order valence-electron chi connectivity index (χ2n) is 5.03. The third-order valence-corrected chi connectivity index (χ3v) is 3.75. The fourth-order valence-electron chi connectivity index (χ4n) is 2.62. The van der Waals surface area contributed by atoms with Crippen LogP contribution < -0.4 is 10.6 Å². The number of anilines is 2. The van der Waals surface area contributed by atoms with Crippen LogP contribution in [0.1, 0.15) is 30.0 Å². The molecule has 3 rings (SSSR count). The van der Waals surface area contributed by atoms with Gasteiger partial charge in [-0.1, -0.05) is 0 Å². The van der Waals surface area contributed by atoms with E-state index in [2.05, 4.69) is 26.2 Å². The Kier molecular flexibility index (Phi) is 3.25. The van der Waals surface area contributed by atoms with Crippen LogP contribution in [0.15, 0.2) is 24.4 Å². The quantitative estimate of drug-likeness (QED) is 0.863. The van der Waals surface area contributed by atoms with Crippen LogP contribution in [0.25, 0.3) is 0 Å². The molecule has 1 saturated heterocycles. The van der Waals surface area contributed by atoms with Crippen LogP contribution in [0.5, 0.6) is 0 Å². The summed E-state index contributed by atoms with van der Waals surface area (Å²) in [7, 11) is 0. The van der Waals surface area contributed by atoms with Gasteiger partial charge < -0.3 is 10.6 Å². The molecule has 3 heterocycles. The largest absolute Gasteiger partial charge is 0.382 e. The maximum absolute atomic E-state index is 8.78. The van der Waals surface area contributed by atoms with Crippen LogP contribution in [0.4, 0.5) is 11.6 Å². The smallest absolute Gasteiger partial charge is 0.145 e. The molecule has 20 heavy (non-hydrogen) atoms. The Bertz CT molecular complexity index is 616. The fourth-order valence-corrected chi connectivity index (χ4v) is 2.62. The Morgan fingerprint density at radius 1 is 1.35 bits per heavy atom. The monoisotopic (exact) mass is 268 g/mol. The van der Waals surface area contributed by atoms with Gasteiger partial charge in [0.25, 0.3) is 0 Å². The van der Waals surface area contributed by atoms with E-state index in [9.17, 15) is 0 Å². The molecule has 0 aliphatic carbocycles. The molecule has 0 amide bonds. The molecular weight excluding hydrogens is 252 g/mol. The highest BCUT2D eigenvalue weighted by atomic mass is 15.2. The molecule has 0 unspecified atom stereocenters. The van der Waals surface area contributed by atoms with Crippen molar-refractivity contribution >= 4 is 11.6 Å². The number of nitrogens with zero attached hydrogens (tertiary/aromatic N) is 4. The minimum atomic E-state index is 0.481. The highest BCUT2D eigenvalue weighted by Crippen LogP contribution is 2.29. The minimum Gasteiger partial charge on any atom is -0.382 e. The van der Waals surface area contributed by atoms with E-state index in [0.717, 1.165) is 37.4 Å². The van der Waals surface area contributed by atoms with E-state index in [1.807, 2.05) is 18.2 Å². The van der Waals surface area contributed by atoms with Crippen molar-refractivity contribution in [3.05, 3.63) is 35.7 Å². The predicted molar refractivity (Wildman–Crippen MR) is 76.1 cm³/mol. The SMILES string of the molecule is N#Cc1ccc(N2CCC(c3cc(N)n[nH]3)CC2)nc1. The maximum atomic E-state index is 8.78. The van der Waals surface area contributed by atoms with Gasteiger partial charge >= 0.3 is 0 Å². The van der Waals surface area contributed by atoms with Crippen molar-refractivity contribution in [1.29, 1.82) is 5.26 Å². The highest BCUT2D eigenvalue weighted by molar-refractivity contribution is 5.42. The summed E-state index contributed by atoms with van der Waals surface area (Å²) in [6, 6.07) is 7.72. The van der Waals surface area contributed by atoms with E-state index < -0.39 is 0 Å². The lowest BCUT2D eigenvalue weighted by atomic mass is 9.93. The molecule has 1 fully saturated rings. The number of hydrogen-bond acceptors (Lipinski definition) is 5. The van der Waals surface area contributed by atoms with E-state index in [1.54, 1.807) is 6.20 Å². The summed E-state index contributed by atoms with van der Waals surface area (Å²) in [5.41, 5.74) is 7.36. The maximum Gasteiger partial charge on any atom is 0.145 e. The van der Waals surface area contributed by atoms with Crippen molar-refractivity contribution in [2.45, 2.75) is 18.8 Å². The first kappa shape index (κ1) is 12.5. The average Bonchev–Trinajstić information content (AvgIpc) is 2.94. The van der Waals surface area contributed by atoms with Crippen LogP contribution in [-0.4, -0.2) is 28.3 Å².